The first kappa shape index (κ1) is 24.4. The summed E-state index contributed by atoms with van der Waals surface area (Å²) >= 11 is 0. The number of hydrogen-bond donors (Lipinski definition) is 2. The van der Waals surface area contributed by atoms with Gasteiger partial charge in [0.05, 0.1) is 51.0 Å². The van der Waals surface area contributed by atoms with Crippen molar-refractivity contribution < 1.29 is 44.3 Å². The molecule has 0 aliphatic carbocycles. The number of nitrogens with one attached hydrogen (secondary N) is 2. The molecule has 0 saturated heterocycles. The molecule has 0 aromatic heterocycles. The third kappa shape index (κ3) is 12.7. The van der Waals surface area contributed by atoms with E-state index in [1.54, 1.807) is 13.8 Å². The first-order valence-corrected chi connectivity index (χ1v) is 11.1. The molecule has 0 radical (unpaired) electrons. The van der Waals surface area contributed by atoms with Crippen molar-refractivity contribution in [1.82, 2.24) is 10.6 Å². The van der Waals surface area contributed by atoms with Crippen LogP contribution in [-0.2, 0) is 38.1 Å². The Balaban J connectivity index is 5.39. The number of rotatable bonds is 11. The van der Waals surface area contributed by atoms with E-state index in [1.807, 2.05) is 0 Å². The average molecular weight is 420 g/mol. The van der Waals surface area contributed by atoms with Gasteiger partial charge in [-0.05, 0) is 13.8 Å². The smallest absolute Gasteiger partial charge is 0.407 e. The molecule has 2 unspecified atom stereocenters. The predicted octanol–water partition coefficient (Wildman–Crippen LogP) is -0.832. The SMILES string of the molecule is CCOC(=O)NC(COS(C)(=O)=O)C(COS(C)(=O)=O)NC(=O)OCC. The van der Waals surface area contributed by atoms with Gasteiger partial charge in [0.2, 0.25) is 0 Å². The molecule has 0 aromatic carbocycles. The van der Waals surface area contributed by atoms with Gasteiger partial charge in [-0.25, -0.2) is 9.59 Å². The Morgan fingerprint density at radius 3 is 1.31 bits per heavy atom. The molecule has 0 spiro atoms. The molecule has 26 heavy (non-hydrogen) atoms. The molecule has 14 heteroatoms. The van der Waals surface area contributed by atoms with Crippen LogP contribution in [0.2, 0.25) is 0 Å². The summed E-state index contributed by atoms with van der Waals surface area (Å²) in [5.41, 5.74) is 0. The van der Waals surface area contributed by atoms with Crippen LogP contribution in [0.15, 0.2) is 0 Å². The summed E-state index contributed by atoms with van der Waals surface area (Å²) in [6.07, 6.45) is -0.279. The molecule has 154 valence electrons. The first-order valence-electron chi connectivity index (χ1n) is 7.43. The van der Waals surface area contributed by atoms with Crippen molar-refractivity contribution in [1.29, 1.82) is 0 Å². The van der Waals surface area contributed by atoms with Gasteiger partial charge in [0, 0.05) is 0 Å². The van der Waals surface area contributed by atoms with Crippen molar-refractivity contribution in [3.63, 3.8) is 0 Å². The van der Waals surface area contributed by atoms with E-state index in [2.05, 4.69) is 19.0 Å². The molecule has 0 saturated carbocycles. The summed E-state index contributed by atoms with van der Waals surface area (Å²) in [5, 5.41) is 4.56. The number of hydrogen-bond acceptors (Lipinski definition) is 10. The van der Waals surface area contributed by atoms with Crippen LogP contribution in [0.4, 0.5) is 9.59 Å². The van der Waals surface area contributed by atoms with Gasteiger partial charge in [-0.2, -0.15) is 16.8 Å². The average Bonchev–Trinajstić information content (AvgIpc) is 2.46. The maximum Gasteiger partial charge on any atom is 0.407 e. The molecule has 0 bridgehead atoms. The maximum absolute atomic E-state index is 11.7. The summed E-state index contributed by atoms with van der Waals surface area (Å²) in [4.78, 5) is 23.3. The van der Waals surface area contributed by atoms with E-state index in [9.17, 15) is 26.4 Å². The Hall–Kier alpha value is -1.64. The maximum atomic E-state index is 11.7. The molecule has 2 amide bonds. The van der Waals surface area contributed by atoms with E-state index in [0.29, 0.717) is 0 Å². The molecule has 12 nitrogen and oxygen atoms in total. The summed E-state index contributed by atoms with van der Waals surface area (Å²) in [7, 11) is -7.76. The number of carbonyl (C=O) groups excluding carboxylic acids is 2. The third-order valence-electron chi connectivity index (χ3n) is 2.57. The molecule has 0 fully saturated rings. The van der Waals surface area contributed by atoms with Gasteiger partial charge < -0.3 is 20.1 Å². The highest BCUT2D eigenvalue weighted by Gasteiger charge is 2.29. The second-order valence-corrected chi connectivity index (χ2v) is 8.21. The van der Waals surface area contributed by atoms with Gasteiger partial charge in [0.25, 0.3) is 20.2 Å². The van der Waals surface area contributed by atoms with Gasteiger partial charge in [-0.1, -0.05) is 0 Å². The van der Waals surface area contributed by atoms with Crippen LogP contribution in [0.5, 0.6) is 0 Å². The van der Waals surface area contributed by atoms with E-state index in [4.69, 9.17) is 9.47 Å². The number of alkyl carbamates (subject to hydrolysis) is 2. The quantitative estimate of drug-likeness (QED) is 0.403. The third-order valence-corrected chi connectivity index (χ3v) is 3.69. The van der Waals surface area contributed by atoms with Crippen molar-refractivity contribution in [2.45, 2.75) is 25.9 Å². The van der Waals surface area contributed by atoms with Gasteiger partial charge in [-0.15, -0.1) is 0 Å². The lowest BCUT2D eigenvalue weighted by Gasteiger charge is -2.27. The van der Waals surface area contributed by atoms with E-state index >= 15 is 0 Å². The molecule has 0 rings (SSSR count). The minimum absolute atomic E-state index is 0.0291. The van der Waals surface area contributed by atoms with Crippen LogP contribution in [0.25, 0.3) is 0 Å². The molecular formula is C12H24N2O10S2. The van der Waals surface area contributed by atoms with E-state index in [1.165, 1.54) is 0 Å². The van der Waals surface area contributed by atoms with Crippen molar-refractivity contribution in [2.75, 3.05) is 38.9 Å². The standard InChI is InChI=1S/C12H24N2O10S2/c1-5-21-11(15)13-9(7-23-25(3,17)18)10(8-24-26(4,19)20)14-12(16)22-6-2/h9-10H,5-8H2,1-4H3,(H,13,15)(H,14,16). The number of amides is 2. The van der Waals surface area contributed by atoms with Crippen LogP contribution < -0.4 is 10.6 Å². The fourth-order valence-corrected chi connectivity index (χ4v) is 2.35. The van der Waals surface area contributed by atoms with Gasteiger partial charge in [-0.3, -0.25) is 8.37 Å². The van der Waals surface area contributed by atoms with Gasteiger partial charge in [0.15, 0.2) is 0 Å². The number of ether oxygens (including phenoxy) is 2. The summed E-state index contributed by atoms with van der Waals surface area (Å²) in [6.45, 7) is 1.93. The topological polar surface area (TPSA) is 163 Å². The van der Waals surface area contributed by atoms with E-state index < -0.39 is 57.7 Å². The van der Waals surface area contributed by atoms with Crippen molar-refractivity contribution in [2.24, 2.45) is 0 Å². The molecule has 0 aliphatic heterocycles. The summed E-state index contributed by atoms with van der Waals surface area (Å²) in [6, 6.07) is -2.40. The highest BCUT2D eigenvalue weighted by molar-refractivity contribution is 7.86. The second kappa shape index (κ2) is 11.2. The highest BCUT2D eigenvalue weighted by atomic mass is 32.2. The van der Waals surface area contributed by atoms with Gasteiger partial charge in [0.1, 0.15) is 0 Å². The molecule has 0 aromatic rings. The van der Waals surface area contributed by atoms with Crippen LogP contribution in [0.1, 0.15) is 13.8 Å². The summed E-state index contributed by atoms with van der Waals surface area (Å²) in [5.74, 6) is 0. The fraction of sp³-hybridized carbons (Fsp3) is 0.833. The zero-order valence-electron chi connectivity index (χ0n) is 14.9. The molecule has 2 N–H and O–H groups in total. The largest absolute Gasteiger partial charge is 0.450 e. The molecule has 2 atom stereocenters. The predicted molar refractivity (Wildman–Crippen MR) is 89.5 cm³/mol. The lowest BCUT2D eigenvalue weighted by atomic mass is 10.1. The molecule has 0 aliphatic rings. The fourth-order valence-electron chi connectivity index (χ4n) is 1.56. The minimum atomic E-state index is -3.88. The van der Waals surface area contributed by atoms with Crippen LogP contribution in [0, 0.1) is 0 Å². The minimum Gasteiger partial charge on any atom is -0.450 e. The van der Waals surface area contributed by atoms with Gasteiger partial charge >= 0.3 is 12.2 Å². The molecule has 0 heterocycles. The monoisotopic (exact) mass is 420 g/mol. The highest BCUT2D eigenvalue weighted by Crippen LogP contribution is 2.03. The van der Waals surface area contributed by atoms with Crippen molar-refractivity contribution in [3.8, 4) is 0 Å². The Morgan fingerprint density at radius 2 is 1.08 bits per heavy atom. The normalized spacial score (nSPS) is 14.2. The van der Waals surface area contributed by atoms with Crippen molar-refractivity contribution >= 4 is 32.4 Å². The lowest BCUT2D eigenvalue weighted by Crippen LogP contribution is -2.56. The van der Waals surface area contributed by atoms with Crippen LogP contribution >= 0.6 is 0 Å². The van der Waals surface area contributed by atoms with E-state index in [0.717, 1.165) is 12.5 Å². The zero-order valence-corrected chi connectivity index (χ0v) is 16.5. The Morgan fingerprint density at radius 1 is 0.769 bits per heavy atom. The second-order valence-electron chi connectivity index (χ2n) is 4.92. The Labute approximate surface area is 152 Å². The Bertz CT molecular complexity index is 603. The first-order chi connectivity index (χ1) is 11.9. The lowest BCUT2D eigenvalue weighted by molar-refractivity contribution is 0.119. The number of carbonyl (C=O) groups is 2. The Kier molecular flexibility index (Phi) is 10.4. The van der Waals surface area contributed by atoms with Crippen LogP contribution in [0.3, 0.4) is 0 Å². The summed E-state index contributed by atoms with van der Waals surface area (Å²) < 4.78 is 63.5. The van der Waals surface area contributed by atoms with Crippen LogP contribution in [-0.4, -0.2) is 80.0 Å². The molecular weight excluding hydrogens is 396 g/mol. The zero-order chi connectivity index (χ0) is 20.4. The van der Waals surface area contributed by atoms with E-state index in [-0.39, 0.29) is 13.2 Å². The van der Waals surface area contributed by atoms with Crippen molar-refractivity contribution in [3.05, 3.63) is 0 Å².